The van der Waals surface area contributed by atoms with Gasteiger partial charge in [0.25, 0.3) is 0 Å². The number of hydrogen-bond donors (Lipinski definition) is 0. The fourth-order valence-electron chi connectivity index (χ4n) is 3.75. The van der Waals surface area contributed by atoms with Gasteiger partial charge in [0, 0.05) is 43.8 Å². The second-order valence-corrected chi connectivity index (χ2v) is 7.39. The van der Waals surface area contributed by atoms with Crippen molar-refractivity contribution < 1.29 is 18.3 Å². The molecule has 156 valence electrons. The molecule has 2 heterocycles. The zero-order valence-electron chi connectivity index (χ0n) is 16.8. The molecule has 0 aliphatic carbocycles. The first-order valence-corrected chi connectivity index (χ1v) is 10.0. The van der Waals surface area contributed by atoms with Gasteiger partial charge in [-0.3, -0.25) is 4.79 Å². The summed E-state index contributed by atoms with van der Waals surface area (Å²) in [6.07, 6.45) is 2.79. The zero-order valence-corrected chi connectivity index (χ0v) is 16.8. The summed E-state index contributed by atoms with van der Waals surface area (Å²) in [5, 5.41) is 4.57. The molecule has 0 N–H and O–H groups in total. The van der Waals surface area contributed by atoms with E-state index >= 15 is 0 Å². The summed E-state index contributed by atoms with van der Waals surface area (Å²) in [5.41, 5.74) is 2.29. The smallest absolute Gasteiger partial charge is 0.222 e. The molecular weight excluding hydrogens is 388 g/mol. The molecule has 1 aliphatic heterocycles. The second-order valence-electron chi connectivity index (χ2n) is 7.39. The maximum absolute atomic E-state index is 14.2. The molecule has 4 rings (SSSR count). The van der Waals surface area contributed by atoms with Gasteiger partial charge >= 0.3 is 0 Å². The molecule has 30 heavy (non-hydrogen) atoms. The highest BCUT2D eigenvalue weighted by Crippen LogP contribution is 2.35. The molecule has 0 spiro atoms. The molecule has 1 saturated heterocycles. The average Bonchev–Trinajstić information content (AvgIpc) is 3.38. The van der Waals surface area contributed by atoms with E-state index in [-0.39, 0.29) is 11.7 Å². The first-order valence-electron chi connectivity index (χ1n) is 10.0. The lowest BCUT2D eigenvalue weighted by molar-refractivity contribution is -0.130. The predicted molar refractivity (Wildman–Crippen MR) is 109 cm³/mol. The summed E-state index contributed by atoms with van der Waals surface area (Å²) in [6.45, 7) is 1.59. The van der Waals surface area contributed by atoms with Crippen LogP contribution in [0.4, 0.5) is 8.78 Å². The lowest BCUT2D eigenvalue weighted by Gasteiger charge is -2.15. The third kappa shape index (κ3) is 4.20. The highest BCUT2D eigenvalue weighted by atomic mass is 19.1. The molecule has 5 nitrogen and oxygen atoms in total. The number of ether oxygens (including phenoxy) is 1. The number of aromatic nitrogens is 2. The van der Waals surface area contributed by atoms with Crippen LogP contribution in [0.25, 0.3) is 11.3 Å². The standard InChI is InChI=1S/C23H23F2N3O2/c1-27-23(30-20-11-9-17(24)15-19(20)25)18(10-12-21(29)28-13-5-6-14-28)22(26-27)16-7-3-2-4-8-16/h2-4,7-9,11,15H,5-6,10,12-14H2,1H3. The van der Waals surface area contributed by atoms with Crippen LogP contribution in [-0.2, 0) is 18.3 Å². The Morgan fingerprint density at radius 2 is 1.83 bits per heavy atom. The number of hydrogen-bond acceptors (Lipinski definition) is 3. The highest BCUT2D eigenvalue weighted by molar-refractivity contribution is 5.77. The molecule has 0 unspecified atom stereocenters. The zero-order chi connectivity index (χ0) is 21.1. The first-order chi connectivity index (χ1) is 14.5. The van der Waals surface area contributed by atoms with Gasteiger partial charge in [-0.25, -0.2) is 13.5 Å². The number of nitrogens with zero attached hydrogens (tertiary/aromatic N) is 3. The molecule has 3 aromatic rings. The first kappa shape index (κ1) is 20.1. The van der Waals surface area contributed by atoms with E-state index in [0.717, 1.165) is 49.2 Å². The Hall–Kier alpha value is -3.22. The molecule has 0 radical (unpaired) electrons. The van der Waals surface area contributed by atoms with Crippen molar-refractivity contribution in [2.24, 2.45) is 7.05 Å². The Labute approximate surface area is 173 Å². The summed E-state index contributed by atoms with van der Waals surface area (Å²) in [6, 6.07) is 12.7. The third-order valence-electron chi connectivity index (χ3n) is 5.28. The summed E-state index contributed by atoms with van der Waals surface area (Å²) in [5.74, 6) is -1.13. The quantitative estimate of drug-likeness (QED) is 0.590. The summed E-state index contributed by atoms with van der Waals surface area (Å²) in [7, 11) is 1.70. The SMILES string of the molecule is Cn1nc(-c2ccccc2)c(CCC(=O)N2CCCC2)c1Oc1ccc(F)cc1F. The van der Waals surface area contributed by atoms with E-state index in [1.807, 2.05) is 35.2 Å². The molecule has 1 aliphatic rings. The van der Waals surface area contributed by atoms with Crippen LogP contribution in [0.3, 0.4) is 0 Å². The van der Waals surface area contributed by atoms with Crippen molar-refractivity contribution in [3.05, 3.63) is 65.7 Å². The van der Waals surface area contributed by atoms with E-state index in [1.54, 1.807) is 7.05 Å². The molecule has 0 atom stereocenters. The van der Waals surface area contributed by atoms with E-state index in [2.05, 4.69) is 5.10 Å². The van der Waals surface area contributed by atoms with Gasteiger partial charge in [-0.1, -0.05) is 30.3 Å². The van der Waals surface area contributed by atoms with Crippen LogP contribution in [-0.4, -0.2) is 33.7 Å². The predicted octanol–water partition coefficient (Wildman–Crippen LogP) is 4.71. The normalized spacial score (nSPS) is 13.6. The lowest BCUT2D eigenvalue weighted by atomic mass is 10.0. The van der Waals surface area contributed by atoms with Gasteiger partial charge in [0.15, 0.2) is 11.6 Å². The minimum absolute atomic E-state index is 0.0915. The topological polar surface area (TPSA) is 47.4 Å². The Morgan fingerprint density at radius 1 is 1.10 bits per heavy atom. The lowest BCUT2D eigenvalue weighted by Crippen LogP contribution is -2.27. The van der Waals surface area contributed by atoms with Gasteiger partial charge in [0.1, 0.15) is 5.82 Å². The Morgan fingerprint density at radius 3 is 2.53 bits per heavy atom. The molecular formula is C23H23F2N3O2. The van der Waals surface area contributed by atoms with Crippen LogP contribution < -0.4 is 4.74 Å². The maximum Gasteiger partial charge on any atom is 0.222 e. The van der Waals surface area contributed by atoms with Gasteiger partial charge < -0.3 is 9.64 Å². The largest absolute Gasteiger partial charge is 0.436 e. The molecule has 0 bridgehead atoms. The molecule has 1 amide bonds. The van der Waals surface area contributed by atoms with E-state index in [4.69, 9.17) is 4.74 Å². The van der Waals surface area contributed by atoms with Crippen LogP contribution in [0.1, 0.15) is 24.8 Å². The van der Waals surface area contributed by atoms with Gasteiger partial charge in [0.05, 0.1) is 5.69 Å². The van der Waals surface area contributed by atoms with Gasteiger partial charge in [-0.15, -0.1) is 0 Å². The Kier molecular flexibility index (Phi) is 5.79. The van der Waals surface area contributed by atoms with Crippen molar-refractivity contribution in [1.29, 1.82) is 0 Å². The average molecular weight is 411 g/mol. The van der Waals surface area contributed by atoms with Crippen LogP contribution in [0.15, 0.2) is 48.5 Å². The highest BCUT2D eigenvalue weighted by Gasteiger charge is 2.24. The monoisotopic (exact) mass is 411 g/mol. The van der Waals surface area contributed by atoms with Crippen molar-refractivity contribution in [3.8, 4) is 22.9 Å². The summed E-state index contributed by atoms with van der Waals surface area (Å²) >= 11 is 0. The van der Waals surface area contributed by atoms with Crippen LogP contribution in [0.2, 0.25) is 0 Å². The maximum atomic E-state index is 14.2. The molecule has 2 aromatic carbocycles. The van der Waals surface area contributed by atoms with Crippen LogP contribution in [0.5, 0.6) is 11.6 Å². The molecule has 0 saturated carbocycles. The van der Waals surface area contributed by atoms with Crippen LogP contribution in [0, 0.1) is 11.6 Å². The van der Waals surface area contributed by atoms with Gasteiger partial charge in [0.2, 0.25) is 11.8 Å². The van der Waals surface area contributed by atoms with E-state index in [1.165, 1.54) is 10.7 Å². The number of rotatable bonds is 6. The summed E-state index contributed by atoms with van der Waals surface area (Å²) < 4.78 is 34.8. The van der Waals surface area contributed by atoms with E-state index in [9.17, 15) is 13.6 Å². The Bertz CT molecular complexity index is 1040. The number of benzene rings is 2. The van der Waals surface area contributed by atoms with Crippen LogP contribution >= 0.6 is 0 Å². The molecule has 1 fully saturated rings. The van der Waals surface area contributed by atoms with Crippen molar-refractivity contribution in [1.82, 2.24) is 14.7 Å². The second kappa shape index (κ2) is 8.65. The van der Waals surface area contributed by atoms with Crippen molar-refractivity contribution in [3.63, 3.8) is 0 Å². The number of carbonyl (C=O) groups excluding carboxylic acids is 1. The minimum Gasteiger partial charge on any atom is -0.436 e. The van der Waals surface area contributed by atoms with Crippen molar-refractivity contribution in [2.75, 3.05) is 13.1 Å². The fraction of sp³-hybridized carbons (Fsp3) is 0.304. The Balaban J connectivity index is 1.67. The molecule has 1 aromatic heterocycles. The van der Waals surface area contributed by atoms with Crippen molar-refractivity contribution >= 4 is 5.91 Å². The van der Waals surface area contributed by atoms with Gasteiger partial charge in [-0.2, -0.15) is 5.10 Å². The minimum atomic E-state index is -0.795. The number of likely N-dealkylation sites (tertiary alicyclic amines) is 1. The number of carbonyl (C=O) groups is 1. The number of aryl methyl sites for hydroxylation is 1. The third-order valence-corrected chi connectivity index (χ3v) is 5.28. The van der Waals surface area contributed by atoms with E-state index in [0.29, 0.717) is 24.4 Å². The number of amides is 1. The number of halogens is 2. The molecule has 7 heteroatoms. The fourth-order valence-corrected chi connectivity index (χ4v) is 3.75. The van der Waals surface area contributed by atoms with Gasteiger partial charge in [-0.05, 0) is 31.4 Å². The summed E-state index contributed by atoms with van der Waals surface area (Å²) in [4.78, 5) is 14.5. The van der Waals surface area contributed by atoms with Crippen molar-refractivity contribution in [2.45, 2.75) is 25.7 Å². The van der Waals surface area contributed by atoms with E-state index < -0.39 is 11.6 Å².